The van der Waals surface area contributed by atoms with Gasteiger partial charge in [0.05, 0.1) is 43.1 Å². The van der Waals surface area contributed by atoms with Gasteiger partial charge in [0.25, 0.3) is 0 Å². The summed E-state index contributed by atoms with van der Waals surface area (Å²) >= 11 is 0. The number of aliphatic hydroxyl groups is 3. The highest BCUT2D eigenvalue weighted by molar-refractivity contribution is 5.80. The number of aromatic nitrogens is 2. The summed E-state index contributed by atoms with van der Waals surface area (Å²) in [5.41, 5.74) is 2.69. The molecule has 180 valence electrons. The summed E-state index contributed by atoms with van der Waals surface area (Å²) in [6.45, 7) is 0.577. The monoisotopic (exact) mass is 472 g/mol. The fourth-order valence-electron chi connectivity index (χ4n) is 4.84. The van der Waals surface area contributed by atoms with Gasteiger partial charge in [0.2, 0.25) is 0 Å². The van der Waals surface area contributed by atoms with Crippen molar-refractivity contribution in [3.05, 3.63) is 47.8 Å². The molecule has 3 aliphatic heterocycles. The normalized spacial score (nSPS) is 33.4. The maximum absolute atomic E-state index is 14.9. The first-order chi connectivity index (χ1) is 16.5. The molecule has 6 rings (SSSR count). The fraction of sp³-hybridized carbons (Fsp3) is 0.458. The van der Waals surface area contributed by atoms with E-state index in [0.717, 1.165) is 5.56 Å². The molecule has 3 aliphatic rings. The Kier molecular flexibility index (Phi) is 5.51. The number of fused-ring (bicyclic) bond motifs is 2. The molecule has 0 amide bonds. The van der Waals surface area contributed by atoms with E-state index in [1.54, 1.807) is 18.2 Å². The Hall–Kier alpha value is -2.60. The topological polar surface area (TPSA) is 126 Å². The number of hydrogen-bond acceptors (Lipinski definition) is 8. The lowest BCUT2D eigenvalue weighted by Crippen LogP contribution is -2.37. The summed E-state index contributed by atoms with van der Waals surface area (Å²) in [6, 6.07) is 10.2. The van der Waals surface area contributed by atoms with E-state index in [1.807, 2.05) is 12.1 Å². The van der Waals surface area contributed by atoms with Crippen LogP contribution in [0.2, 0.25) is 0 Å². The van der Waals surface area contributed by atoms with Crippen molar-refractivity contribution >= 4 is 11.0 Å². The van der Waals surface area contributed by atoms with Gasteiger partial charge in [-0.15, -0.1) is 0 Å². The first kappa shape index (κ1) is 21.9. The number of ether oxygens (including phenoxy) is 4. The molecule has 10 heteroatoms. The number of pyridine rings is 1. The first-order valence-electron chi connectivity index (χ1n) is 11.3. The van der Waals surface area contributed by atoms with Gasteiger partial charge < -0.3 is 39.3 Å². The molecule has 3 saturated heterocycles. The molecule has 0 bridgehead atoms. The molecular formula is C24H25FN2O7. The Morgan fingerprint density at radius 2 is 1.68 bits per heavy atom. The molecule has 2 aromatic heterocycles. The fourth-order valence-corrected chi connectivity index (χ4v) is 4.84. The summed E-state index contributed by atoms with van der Waals surface area (Å²) in [5.74, 6) is -0.0588. The Morgan fingerprint density at radius 3 is 2.47 bits per heavy atom. The van der Waals surface area contributed by atoms with E-state index in [4.69, 9.17) is 18.9 Å². The summed E-state index contributed by atoms with van der Waals surface area (Å²) in [6.07, 6.45) is -3.54. The van der Waals surface area contributed by atoms with E-state index < -0.39 is 30.2 Å². The Balaban J connectivity index is 1.21. The van der Waals surface area contributed by atoms with E-state index in [1.165, 1.54) is 6.07 Å². The number of aliphatic hydroxyl groups excluding tert-OH is 3. The lowest BCUT2D eigenvalue weighted by Gasteiger charge is -2.30. The van der Waals surface area contributed by atoms with Crippen LogP contribution in [0, 0.1) is 5.82 Å². The number of H-pyrrole nitrogens is 1. The molecular weight excluding hydrogens is 447 g/mol. The smallest absolute Gasteiger partial charge is 0.193 e. The van der Waals surface area contributed by atoms with Gasteiger partial charge in [-0.2, -0.15) is 0 Å². The molecule has 34 heavy (non-hydrogen) atoms. The van der Waals surface area contributed by atoms with Gasteiger partial charge in [-0.25, -0.2) is 9.37 Å². The van der Waals surface area contributed by atoms with Gasteiger partial charge in [0, 0.05) is 24.1 Å². The first-order valence-corrected chi connectivity index (χ1v) is 11.3. The summed E-state index contributed by atoms with van der Waals surface area (Å²) in [7, 11) is 0. The van der Waals surface area contributed by atoms with Crippen molar-refractivity contribution in [2.45, 2.75) is 49.1 Å². The van der Waals surface area contributed by atoms with Crippen molar-refractivity contribution in [3.8, 4) is 17.1 Å². The number of nitrogens with zero attached hydrogens (tertiary/aromatic N) is 1. The molecule has 5 heterocycles. The minimum atomic E-state index is -0.879. The average Bonchev–Trinajstić information content (AvgIpc) is 3.52. The van der Waals surface area contributed by atoms with Gasteiger partial charge in [0.15, 0.2) is 17.8 Å². The second-order valence-electron chi connectivity index (χ2n) is 9.02. The SMILES string of the molecule is O[C@@H]1CO[C@H]2[C@@H]1OC[C@H]2Oc1cc2nc(-c3ccc([C@H]4C[C@H](O)[C@H](O)CO4)cc3)c(F)cc2[nH]1. The second-order valence-corrected chi connectivity index (χ2v) is 9.02. The zero-order chi connectivity index (χ0) is 23.4. The predicted octanol–water partition coefficient (Wildman–Crippen LogP) is 1.46. The van der Waals surface area contributed by atoms with Crippen molar-refractivity contribution < 1.29 is 38.7 Å². The molecule has 0 radical (unpaired) electrons. The molecule has 7 atom stereocenters. The minimum absolute atomic E-state index is 0.0689. The molecule has 0 aliphatic carbocycles. The van der Waals surface area contributed by atoms with Crippen LogP contribution in [0.4, 0.5) is 4.39 Å². The number of halogens is 1. The van der Waals surface area contributed by atoms with E-state index in [-0.39, 0.29) is 37.2 Å². The molecule has 3 aromatic rings. The molecule has 4 N–H and O–H groups in total. The van der Waals surface area contributed by atoms with E-state index in [9.17, 15) is 19.7 Å². The highest BCUT2D eigenvalue weighted by Crippen LogP contribution is 2.33. The third-order valence-electron chi connectivity index (χ3n) is 6.72. The van der Waals surface area contributed by atoms with Crippen LogP contribution in [-0.4, -0.2) is 81.7 Å². The molecule has 0 unspecified atom stereocenters. The molecule has 9 nitrogen and oxygen atoms in total. The lowest BCUT2D eigenvalue weighted by atomic mass is 9.96. The standard InChI is InChI=1S/C24H25FN2O7/c25-13-5-14-15(6-21(26-14)34-20-10-33-23-18(30)9-32-24(20)23)27-22(13)12-3-1-11(2-4-12)19-7-16(28)17(29)8-31-19/h1-6,16-20,23-24,26,28-30H,7-10H2/t16-,17+,18+,19+,20+,23+,24+/m0/s1. The van der Waals surface area contributed by atoms with Crippen LogP contribution in [0.1, 0.15) is 18.1 Å². The third kappa shape index (κ3) is 3.86. The predicted molar refractivity (Wildman–Crippen MR) is 117 cm³/mol. The van der Waals surface area contributed by atoms with Gasteiger partial charge in [0.1, 0.15) is 30.1 Å². The third-order valence-corrected chi connectivity index (χ3v) is 6.72. The lowest BCUT2D eigenvalue weighted by molar-refractivity contribution is -0.122. The maximum atomic E-state index is 14.9. The van der Waals surface area contributed by atoms with Crippen LogP contribution in [0.3, 0.4) is 0 Å². The van der Waals surface area contributed by atoms with Crippen molar-refractivity contribution in [3.63, 3.8) is 0 Å². The van der Waals surface area contributed by atoms with Crippen LogP contribution in [0.15, 0.2) is 36.4 Å². The number of aromatic amines is 1. The molecule has 0 spiro atoms. The van der Waals surface area contributed by atoms with Crippen molar-refractivity contribution in [1.82, 2.24) is 9.97 Å². The summed E-state index contributed by atoms with van der Waals surface area (Å²) in [4.78, 5) is 7.52. The Bertz CT molecular complexity index is 1190. The summed E-state index contributed by atoms with van der Waals surface area (Å²) < 4.78 is 37.7. The zero-order valence-electron chi connectivity index (χ0n) is 18.1. The number of rotatable bonds is 4. The average molecular weight is 472 g/mol. The molecule has 1 aromatic carbocycles. The van der Waals surface area contributed by atoms with Gasteiger partial charge in [-0.3, -0.25) is 0 Å². The highest BCUT2D eigenvalue weighted by atomic mass is 19.1. The second kappa shape index (κ2) is 8.56. The van der Waals surface area contributed by atoms with Crippen LogP contribution < -0.4 is 4.74 Å². The number of nitrogens with one attached hydrogen (secondary N) is 1. The van der Waals surface area contributed by atoms with Gasteiger partial charge in [-0.05, 0) is 5.56 Å². The van der Waals surface area contributed by atoms with Crippen LogP contribution >= 0.6 is 0 Å². The van der Waals surface area contributed by atoms with Crippen molar-refractivity contribution in [1.29, 1.82) is 0 Å². The van der Waals surface area contributed by atoms with E-state index in [2.05, 4.69) is 9.97 Å². The Morgan fingerprint density at radius 1 is 0.912 bits per heavy atom. The Labute approximate surface area is 194 Å². The highest BCUT2D eigenvalue weighted by Gasteiger charge is 2.48. The molecule has 0 saturated carbocycles. The molecule has 3 fully saturated rings. The van der Waals surface area contributed by atoms with E-state index >= 15 is 0 Å². The van der Waals surface area contributed by atoms with Crippen LogP contribution in [0.25, 0.3) is 22.3 Å². The maximum Gasteiger partial charge on any atom is 0.193 e. The summed E-state index contributed by atoms with van der Waals surface area (Å²) in [5, 5.41) is 29.4. The largest absolute Gasteiger partial charge is 0.470 e. The van der Waals surface area contributed by atoms with E-state index in [0.29, 0.717) is 35.5 Å². The quantitative estimate of drug-likeness (QED) is 0.450. The zero-order valence-corrected chi connectivity index (χ0v) is 18.1. The number of benzene rings is 1. The minimum Gasteiger partial charge on any atom is -0.470 e. The van der Waals surface area contributed by atoms with Crippen LogP contribution in [0.5, 0.6) is 5.88 Å². The van der Waals surface area contributed by atoms with Crippen molar-refractivity contribution in [2.75, 3.05) is 19.8 Å². The van der Waals surface area contributed by atoms with Crippen molar-refractivity contribution in [2.24, 2.45) is 0 Å². The number of hydrogen-bond donors (Lipinski definition) is 4. The van der Waals surface area contributed by atoms with Crippen LogP contribution in [-0.2, 0) is 14.2 Å². The van der Waals surface area contributed by atoms with Gasteiger partial charge >= 0.3 is 0 Å². The van der Waals surface area contributed by atoms with Gasteiger partial charge in [-0.1, -0.05) is 24.3 Å².